The number of fused-ring (bicyclic) bond motifs is 3. The Labute approximate surface area is 187 Å². The number of aliphatic carboxylic acids is 1. The first-order valence-electron chi connectivity index (χ1n) is 10.6. The van der Waals surface area contributed by atoms with Crippen molar-refractivity contribution in [2.45, 2.75) is 51.2 Å². The molecular weight excluding hydrogens is 410 g/mol. The molecule has 0 heterocycles. The molecule has 1 atom stereocenters. The van der Waals surface area contributed by atoms with Gasteiger partial charge in [-0.05, 0) is 49.4 Å². The molecule has 0 radical (unpaired) electrons. The van der Waals surface area contributed by atoms with E-state index >= 15 is 0 Å². The van der Waals surface area contributed by atoms with Crippen molar-refractivity contribution in [2.75, 3.05) is 13.7 Å². The number of rotatable bonds is 7. The van der Waals surface area contributed by atoms with Crippen molar-refractivity contribution in [3.05, 3.63) is 59.7 Å². The summed E-state index contributed by atoms with van der Waals surface area (Å²) in [6.45, 7) is 5.25. The quantitative estimate of drug-likeness (QED) is 0.641. The molecule has 32 heavy (non-hydrogen) atoms. The third-order valence-electron chi connectivity index (χ3n) is 5.40. The Hall–Kier alpha value is -3.35. The van der Waals surface area contributed by atoms with Crippen LogP contribution in [0.3, 0.4) is 0 Å². The Morgan fingerprint density at radius 3 is 2.03 bits per heavy atom. The van der Waals surface area contributed by atoms with Crippen LogP contribution in [0.4, 0.5) is 4.79 Å². The van der Waals surface area contributed by atoms with Gasteiger partial charge in [0.2, 0.25) is 0 Å². The smallest absolute Gasteiger partial charge is 0.410 e. The Bertz CT molecular complexity index is 964. The van der Waals surface area contributed by atoms with Crippen LogP contribution in [-0.2, 0) is 19.1 Å². The number of carboxylic acids is 1. The summed E-state index contributed by atoms with van der Waals surface area (Å²) < 4.78 is 11.0. The van der Waals surface area contributed by atoms with Gasteiger partial charge in [0.1, 0.15) is 18.2 Å². The van der Waals surface area contributed by atoms with Crippen LogP contribution >= 0.6 is 0 Å². The fourth-order valence-corrected chi connectivity index (χ4v) is 3.92. The standard InChI is InChI=1S/C25H29NO6/c1-25(2,3)32-23(29)21(13-14-22(27)28)26(4)24(30)31-15-20-18-11-7-5-9-16(18)17-10-6-8-12-19(17)20/h5-12,20-21H,13-15H2,1-4H3,(H,27,28)/t21-/m1/s1. The van der Waals surface area contributed by atoms with E-state index in [4.69, 9.17) is 14.6 Å². The van der Waals surface area contributed by atoms with Crippen molar-refractivity contribution in [3.8, 4) is 11.1 Å². The number of nitrogens with zero attached hydrogens (tertiary/aromatic N) is 1. The Morgan fingerprint density at radius 2 is 1.53 bits per heavy atom. The van der Waals surface area contributed by atoms with E-state index in [1.54, 1.807) is 20.8 Å². The van der Waals surface area contributed by atoms with Crippen molar-refractivity contribution in [1.29, 1.82) is 0 Å². The highest BCUT2D eigenvalue weighted by atomic mass is 16.6. The van der Waals surface area contributed by atoms with Gasteiger partial charge in [0.25, 0.3) is 0 Å². The summed E-state index contributed by atoms with van der Waals surface area (Å²) in [4.78, 5) is 37.6. The fraction of sp³-hybridized carbons (Fsp3) is 0.400. The topological polar surface area (TPSA) is 93.1 Å². The first kappa shape index (κ1) is 23.3. The van der Waals surface area contributed by atoms with Crippen LogP contribution in [0.25, 0.3) is 11.1 Å². The minimum atomic E-state index is -1.06. The van der Waals surface area contributed by atoms with Crippen molar-refractivity contribution in [2.24, 2.45) is 0 Å². The molecule has 170 valence electrons. The second-order valence-electron chi connectivity index (χ2n) is 8.90. The molecule has 0 bridgehead atoms. The second-order valence-corrected chi connectivity index (χ2v) is 8.90. The van der Waals surface area contributed by atoms with Crippen LogP contribution in [-0.4, -0.2) is 53.3 Å². The molecule has 0 aliphatic heterocycles. The molecule has 0 spiro atoms. The first-order chi connectivity index (χ1) is 15.1. The van der Waals surface area contributed by atoms with Gasteiger partial charge in [-0.25, -0.2) is 9.59 Å². The average Bonchev–Trinajstić information content (AvgIpc) is 3.04. The van der Waals surface area contributed by atoms with Gasteiger partial charge < -0.3 is 14.6 Å². The molecule has 0 saturated carbocycles. The van der Waals surface area contributed by atoms with Gasteiger partial charge in [-0.1, -0.05) is 48.5 Å². The highest BCUT2D eigenvalue weighted by Gasteiger charge is 2.34. The van der Waals surface area contributed by atoms with Gasteiger partial charge >= 0.3 is 18.0 Å². The largest absolute Gasteiger partial charge is 0.481 e. The van der Waals surface area contributed by atoms with Gasteiger partial charge in [0.05, 0.1) is 0 Å². The van der Waals surface area contributed by atoms with E-state index in [-0.39, 0.29) is 25.4 Å². The fourth-order valence-electron chi connectivity index (χ4n) is 3.92. The van der Waals surface area contributed by atoms with Crippen LogP contribution in [0.5, 0.6) is 0 Å². The lowest BCUT2D eigenvalue weighted by Gasteiger charge is -2.29. The zero-order valence-electron chi connectivity index (χ0n) is 18.8. The maximum Gasteiger partial charge on any atom is 0.410 e. The first-order valence-corrected chi connectivity index (χ1v) is 10.6. The Morgan fingerprint density at radius 1 is 1.00 bits per heavy atom. The number of carbonyl (C=O) groups is 3. The number of ether oxygens (including phenoxy) is 2. The molecule has 7 heteroatoms. The van der Waals surface area contributed by atoms with Gasteiger partial charge in [-0.3, -0.25) is 9.69 Å². The van der Waals surface area contributed by atoms with Crippen LogP contribution in [0.2, 0.25) is 0 Å². The summed E-state index contributed by atoms with van der Waals surface area (Å²) in [7, 11) is 1.43. The maximum absolute atomic E-state index is 12.8. The summed E-state index contributed by atoms with van der Waals surface area (Å²) in [5.74, 6) is -1.83. The summed E-state index contributed by atoms with van der Waals surface area (Å²) in [6, 6.07) is 14.9. The van der Waals surface area contributed by atoms with Gasteiger partial charge in [-0.15, -0.1) is 0 Å². The van der Waals surface area contributed by atoms with Crippen molar-refractivity contribution in [3.63, 3.8) is 0 Å². The third-order valence-corrected chi connectivity index (χ3v) is 5.40. The van der Waals surface area contributed by atoms with Crippen LogP contribution in [0.15, 0.2) is 48.5 Å². The number of esters is 1. The number of amides is 1. The monoisotopic (exact) mass is 439 g/mol. The molecule has 1 N–H and O–H groups in total. The Kier molecular flexibility index (Phi) is 6.87. The molecule has 0 saturated heterocycles. The minimum Gasteiger partial charge on any atom is -0.481 e. The maximum atomic E-state index is 12.8. The van der Waals surface area contributed by atoms with Crippen molar-refractivity contribution >= 4 is 18.0 Å². The van der Waals surface area contributed by atoms with E-state index in [1.807, 2.05) is 48.5 Å². The van der Waals surface area contributed by atoms with Gasteiger partial charge in [0, 0.05) is 19.4 Å². The van der Waals surface area contributed by atoms with Crippen molar-refractivity contribution < 1.29 is 29.0 Å². The molecule has 1 aliphatic rings. The summed E-state index contributed by atoms with van der Waals surface area (Å²) >= 11 is 0. The van der Waals surface area contributed by atoms with Crippen LogP contribution < -0.4 is 0 Å². The SMILES string of the molecule is CN(C(=O)OCC1c2ccccc2-c2ccccc21)[C@H](CCC(=O)O)C(=O)OC(C)(C)C. The predicted molar refractivity (Wildman–Crippen MR) is 119 cm³/mol. The molecule has 2 aromatic rings. The van der Waals surface area contributed by atoms with Gasteiger partial charge in [0.15, 0.2) is 0 Å². The number of likely N-dealkylation sites (N-methyl/N-ethyl adjacent to an activating group) is 1. The highest BCUT2D eigenvalue weighted by molar-refractivity contribution is 5.83. The third kappa shape index (κ3) is 5.28. The van der Waals surface area contributed by atoms with E-state index in [1.165, 1.54) is 7.05 Å². The molecule has 1 aliphatic carbocycles. The minimum absolute atomic E-state index is 0.0645. The number of hydrogen-bond acceptors (Lipinski definition) is 5. The molecule has 0 unspecified atom stereocenters. The molecule has 0 fully saturated rings. The van der Waals surface area contributed by atoms with E-state index in [2.05, 4.69) is 0 Å². The average molecular weight is 440 g/mol. The number of benzene rings is 2. The molecule has 0 aromatic heterocycles. The normalized spacial score (nSPS) is 13.6. The van der Waals surface area contributed by atoms with E-state index < -0.39 is 29.7 Å². The molecule has 7 nitrogen and oxygen atoms in total. The second kappa shape index (κ2) is 9.42. The molecular formula is C25H29NO6. The molecule has 1 amide bonds. The zero-order valence-corrected chi connectivity index (χ0v) is 18.8. The lowest BCUT2D eigenvalue weighted by molar-refractivity contribution is -0.160. The predicted octanol–water partition coefficient (Wildman–Crippen LogP) is 4.44. The Balaban J connectivity index is 1.73. The number of hydrogen-bond donors (Lipinski definition) is 1. The number of carbonyl (C=O) groups excluding carboxylic acids is 2. The van der Waals surface area contributed by atoms with Crippen LogP contribution in [0.1, 0.15) is 50.7 Å². The zero-order chi connectivity index (χ0) is 23.5. The lowest BCUT2D eigenvalue weighted by atomic mass is 9.98. The number of carboxylic acid groups (broad SMARTS) is 1. The summed E-state index contributed by atoms with van der Waals surface area (Å²) in [5.41, 5.74) is 3.63. The van der Waals surface area contributed by atoms with Crippen LogP contribution in [0, 0.1) is 0 Å². The van der Waals surface area contributed by atoms with E-state index in [0.29, 0.717) is 0 Å². The van der Waals surface area contributed by atoms with Gasteiger partial charge in [-0.2, -0.15) is 0 Å². The summed E-state index contributed by atoms with van der Waals surface area (Å²) in [6.07, 6.45) is -1.04. The molecule has 2 aromatic carbocycles. The highest BCUT2D eigenvalue weighted by Crippen LogP contribution is 2.44. The van der Waals surface area contributed by atoms with E-state index in [0.717, 1.165) is 27.2 Å². The molecule has 3 rings (SSSR count). The van der Waals surface area contributed by atoms with E-state index in [9.17, 15) is 14.4 Å². The lowest BCUT2D eigenvalue weighted by Crippen LogP contribution is -2.46. The van der Waals surface area contributed by atoms with Crippen molar-refractivity contribution in [1.82, 2.24) is 4.90 Å². The summed E-state index contributed by atoms with van der Waals surface area (Å²) in [5, 5.41) is 9.04.